The van der Waals surface area contributed by atoms with Crippen molar-refractivity contribution in [3.8, 4) is 0 Å². The average Bonchev–Trinajstić information content (AvgIpc) is 3.25. The number of rotatable bonds is 6. The molecule has 1 aliphatic carbocycles. The molecule has 1 heterocycles. The maximum Gasteiger partial charge on any atom is 0.0634 e. The number of ether oxygens (including phenoxy) is 1. The van der Waals surface area contributed by atoms with Gasteiger partial charge in [-0.05, 0) is 59.3 Å². The standard InChI is InChI=1S/C17H34N2O/c1-7-16(4)12-18-17(5,14-8-9-14)13-19(16)11-10-15(2,3)20-6/h14,18H,7-13H2,1-6H3. The minimum Gasteiger partial charge on any atom is -0.379 e. The molecule has 3 heteroatoms. The highest BCUT2D eigenvalue weighted by atomic mass is 16.5. The third-order valence-corrected chi connectivity index (χ3v) is 5.93. The predicted octanol–water partition coefficient (Wildman–Crippen LogP) is 3.04. The van der Waals surface area contributed by atoms with Crippen molar-refractivity contribution < 1.29 is 4.74 Å². The highest BCUT2D eigenvalue weighted by Crippen LogP contribution is 2.43. The molecule has 118 valence electrons. The van der Waals surface area contributed by atoms with Gasteiger partial charge in [0.2, 0.25) is 0 Å². The van der Waals surface area contributed by atoms with E-state index in [2.05, 4.69) is 44.8 Å². The lowest BCUT2D eigenvalue weighted by atomic mass is 9.84. The van der Waals surface area contributed by atoms with Crippen LogP contribution in [0.3, 0.4) is 0 Å². The van der Waals surface area contributed by atoms with E-state index in [1.807, 2.05) is 7.11 Å². The average molecular weight is 282 g/mol. The van der Waals surface area contributed by atoms with Crippen molar-refractivity contribution in [2.24, 2.45) is 5.92 Å². The van der Waals surface area contributed by atoms with E-state index >= 15 is 0 Å². The first-order valence-electron chi connectivity index (χ1n) is 8.30. The Morgan fingerprint density at radius 2 is 1.95 bits per heavy atom. The van der Waals surface area contributed by atoms with Crippen LogP contribution in [0, 0.1) is 5.92 Å². The molecule has 2 atom stereocenters. The third kappa shape index (κ3) is 3.37. The molecule has 0 radical (unpaired) electrons. The van der Waals surface area contributed by atoms with E-state index in [1.165, 1.54) is 25.8 Å². The zero-order valence-electron chi connectivity index (χ0n) is 14.4. The number of nitrogens with one attached hydrogen (secondary N) is 1. The molecule has 0 amide bonds. The van der Waals surface area contributed by atoms with Crippen LogP contribution in [-0.4, -0.2) is 48.3 Å². The first-order chi connectivity index (χ1) is 9.25. The molecule has 0 aromatic heterocycles. The molecule has 0 aromatic carbocycles. The van der Waals surface area contributed by atoms with Crippen LogP contribution in [0.1, 0.15) is 60.3 Å². The van der Waals surface area contributed by atoms with Gasteiger partial charge in [-0.2, -0.15) is 0 Å². The minimum atomic E-state index is -0.0183. The van der Waals surface area contributed by atoms with Crippen molar-refractivity contribution in [2.45, 2.75) is 77.0 Å². The molecule has 2 rings (SSSR count). The topological polar surface area (TPSA) is 24.5 Å². The van der Waals surface area contributed by atoms with E-state index in [0.717, 1.165) is 25.4 Å². The summed E-state index contributed by atoms with van der Waals surface area (Å²) in [5.74, 6) is 0.891. The van der Waals surface area contributed by atoms with Crippen molar-refractivity contribution in [3.05, 3.63) is 0 Å². The first-order valence-corrected chi connectivity index (χ1v) is 8.30. The van der Waals surface area contributed by atoms with Crippen molar-refractivity contribution in [3.63, 3.8) is 0 Å². The quantitative estimate of drug-likeness (QED) is 0.810. The maximum absolute atomic E-state index is 5.60. The molecule has 1 N–H and O–H groups in total. The van der Waals surface area contributed by atoms with Gasteiger partial charge < -0.3 is 10.1 Å². The molecular weight excluding hydrogens is 248 g/mol. The summed E-state index contributed by atoms with van der Waals surface area (Å²) in [6.45, 7) is 15.0. The summed E-state index contributed by atoms with van der Waals surface area (Å²) < 4.78 is 5.60. The van der Waals surface area contributed by atoms with Crippen molar-refractivity contribution in [1.29, 1.82) is 0 Å². The van der Waals surface area contributed by atoms with Gasteiger partial charge in [0.25, 0.3) is 0 Å². The van der Waals surface area contributed by atoms with Gasteiger partial charge in [0.05, 0.1) is 5.60 Å². The fourth-order valence-electron chi connectivity index (χ4n) is 3.35. The Hall–Kier alpha value is -0.120. The summed E-state index contributed by atoms with van der Waals surface area (Å²) >= 11 is 0. The molecule has 1 saturated heterocycles. The third-order valence-electron chi connectivity index (χ3n) is 5.93. The van der Waals surface area contributed by atoms with E-state index in [4.69, 9.17) is 4.74 Å². The molecule has 1 saturated carbocycles. The smallest absolute Gasteiger partial charge is 0.0634 e. The second kappa shape index (κ2) is 5.58. The fourth-order valence-corrected chi connectivity index (χ4v) is 3.35. The van der Waals surface area contributed by atoms with Crippen LogP contribution in [0.4, 0.5) is 0 Å². The molecule has 0 bridgehead atoms. The van der Waals surface area contributed by atoms with Gasteiger partial charge in [-0.25, -0.2) is 0 Å². The lowest BCUT2D eigenvalue weighted by Gasteiger charge is -2.53. The SMILES string of the molecule is CCC1(C)CNC(C)(C2CC2)CN1CCC(C)(C)OC. The summed E-state index contributed by atoms with van der Waals surface area (Å²) in [6.07, 6.45) is 5.11. The number of hydrogen-bond acceptors (Lipinski definition) is 3. The van der Waals surface area contributed by atoms with Crippen LogP contribution >= 0.6 is 0 Å². The molecule has 3 nitrogen and oxygen atoms in total. The van der Waals surface area contributed by atoms with Crippen molar-refractivity contribution >= 4 is 0 Å². The predicted molar refractivity (Wildman–Crippen MR) is 85.1 cm³/mol. The van der Waals surface area contributed by atoms with E-state index < -0.39 is 0 Å². The normalized spacial score (nSPS) is 36.3. The first kappa shape index (κ1) is 16.3. The van der Waals surface area contributed by atoms with Crippen LogP contribution in [0.15, 0.2) is 0 Å². The monoisotopic (exact) mass is 282 g/mol. The van der Waals surface area contributed by atoms with Crippen molar-refractivity contribution in [2.75, 3.05) is 26.7 Å². The summed E-state index contributed by atoms with van der Waals surface area (Å²) in [6, 6.07) is 0. The molecule has 20 heavy (non-hydrogen) atoms. The zero-order valence-corrected chi connectivity index (χ0v) is 14.4. The summed E-state index contributed by atoms with van der Waals surface area (Å²) in [4.78, 5) is 2.72. The van der Waals surface area contributed by atoms with E-state index in [0.29, 0.717) is 5.54 Å². The van der Waals surface area contributed by atoms with Gasteiger partial charge in [0.1, 0.15) is 0 Å². The number of hydrogen-bond donors (Lipinski definition) is 1. The Morgan fingerprint density at radius 3 is 2.45 bits per heavy atom. The molecule has 2 unspecified atom stereocenters. The van der Waals surface area contributed by atoms with Gasteiger partial charge in [-0.3, -0.25) is 4.90 Å². The zero-order chi connectivity index (χ0) is 15.0. The maximum atomic E-state index is 5.60. The fraction of sp³-hybridized carbons (Fsp3) is 1.00. The van der Waals surface area contributed by atoms with Crippen LogP contribution in [0.5, 0.6) is 0 Å². The summed E-state index contributed by atoms with van der Waals surface area (Å²) in [7, 11) is 1.82. The number of piperazine rings is 1. The summed E-state index contributed by atoms with van der Waals surface area (Å²) in [5, 5.41) is 3.87. The Morgan fingerprint density at radius 1 is 1.30 bits per heavy atom. The van der Waals surface area contributed by atoms with Gasteiger partial charge in [0.15, 0.2) is 0 Å². The Bertz CT molecular complexity index is 340. The summed E-state index contributed by atoms with van der Waals surface area (Å²) in [5.41, 5.74) is 0.597. The van der Waals surface area contributed by atoms with Crippen molar-refractivity contribution in [1.82, 2.24) is 10.2 Å². The minimum absolute atomic E-state index is 0.0183. The molecule has 0 aromatic rings. The number of nitrogens with zero attached hydrogens (tertiary/aromatic N) is 1. The van der Waals surface area contributed by atoms with E-state index in [-0.39, 0.29) is 11.1 Å². The Kier molecular flexibility index (Phi) is 4.54. The molecule has 0 spiro atoms. The van der Waals surface area contributed by atoms with Gasteiger partial charge in [0, 0.05) is 37.8 Å². The lowest BCUT2D eigenvalue weighted by Crippen LogP contribution is -2.69. The van der Waals surface area contributed by atoms with Crippen LogP contribution in [0.2, 0.25) is 0 Å². The second-order valence-electron chi connectivity index (χ2n) is 8.03. The van der Waals surface area contributed by atoms with Gasteiger partial charge in [-0.1, -0.05) is 6.92 Å². The Labute approximate surface area is 125 Å². The van der Waals surface area contributed by atoms with Crippen LogP contribution in [0.25, 0.3) is 0 Å². The highest BCUT2D eigenvalue weighted by molar-refractivity contribution is 5.07. The molecule has 2 aliphatic rings. The van der Waals surface area contributed by atoms with E-state index in [9.17, 15) is 0 Å². The Balaban J connectivity index is 2.03. The van der Waals surface area contributed by atoms with Gasteiger partial charge in [-0.15, -0.1) is 0 Å². The van der Waals surface area contributed by atoms with Gasteiger partial charge >= 0.3 is 0 Å². The highest BCUT2D eigenvalue weighted by Gasteiger charge is 2.48. The lowest BCUT2D eigenvalue weighted by molar-refractivity contribution is -0.0287. The molecule has 2 fully saturated rings. The van der Waals surface area contributed by atoms with Crippen LogP contribution < -0.4 is 5.32 Å². The number of methoxy groups -OCH3 is 1. The molecular formula is C17H34N2O. The largest absolute Gasteiger partial charge is 0.379 e. The van der Waals surface area contributed by atoms with Crippen LogP contribution in [-0.2, 0) is 4.74 Å². The van der Waals surface area contributed by atoms with E-state index in [1.54, 1.807) is 0 Å². The molecule has 1 aliphatic heterocycles. The second-order valence-corrected chi connectivity index (χ2v) is 8.03.